The smallest absolute Gasteiger partial charge is 0.497 e. The second kappa shape index (κ2) is 12.0. The molecule has 1 aliphatic heterocycles. The molecule has 2 aromatic carbocycles. The van der Waals surface area contributed by atoms with Crippen LogP contribution in [-0.4, -0.2) is 59.5 Å². The van der Waals surface area contributed by atoms with Crippen molar-refractivity contribution in [3.63, 3.8) is 0 Å². The number of H-pyrrole nitrogens is 1. The first-order chi connectivity index (χ1) is 19.7. The molecule has 0 aliphatic carbocycles. The molecule has 3 aromatic rings. The number of hydrogen-bond donors (Lipinski definition) is 2. The van der Waals surface area contributed by atoms with Gasteiger partial charge < -0.3 is 28.4 Å². The highest BCUT2D eigenvalue weighted by atomic mass is 35.5. The second-order valence-electron chi connectivity index (χ2n) is 8.66. The van der Waals surface area contributed by atoms with Crippen LogP contribution in [0.4, 0.5) is 17.6 Å². The van der Waals surface area contributed by atoms with Crippen molar-refractivity contribution < 1.29 is 55.0 Å². The van der Waals surface area contributed by atoms with Crippen LogP contribution in [0.5, 0.6) is 23.0 Å². The van der Waals surface area contributed by atoms with E-state index in [9.17, 15) is 28.0 Å². The Morgan fingerprint density at radius 1 is 1.00 bits per heavy atom. The lowest BCUT2D eigenvalue weighted by molar-refractivity contribution is -0.242. The summed E-state index contributed by atoms with van der Waals surface area (Å²) in [5.41, 5.74) is -6.50. The largest absolute Gasteiger partial charge is 0.587 e. The van der Waals surface area contributed by atoms with Crippen molar-refractivity contribution >= 4 is 19.4 Å². The minimum atomic E-state index is -5.08. The first-order valence-corrected chi connectivity index (χ1v) is 13.5. The van der Waals surface area contributed by atoms with Gasteiger partial charge in [0.1, 0.15) is 34.6 Å². The van der Waals surface area contributed by atoms with E-state index in [0.29, 0.717) is 17.7 Å². The Balaban J connectivity index is 1.69. The summed E-state index contributed by atoms with van der Waals surface area (Å²) >= 11 is 5.64. The number of ether oxygens (including phenoxy) is 3. The van der Waals surface area contributed by atoms with E-state index in [-0.39, 0.29) is 16.1 Å². The molecule has 0 radical (unpaired) electrons. The second-order valence-corrected chi connectivity index (χ2v) is 10.6. The average Bonchev–Trinajstić information content (AvgIpc) is 3.16. The zero-order valence-corrected chi connectivity index (χ0v) is 23.2. The molecule has 1 aromatic heterocycles. The number of alkyl halides is 4. The molecule has 12 nitrogen and oxygen atoms in total. The van der Waals surface area contributed by atoms with Crippen LogP contribution in [0.2, 0.25) is 5.02 Å². The number of halogens is 5. The van der Waals surface area contributed by atoms with Crippen molar-refractivity contribution in [3.05, 3.63) is 80.6 Å². The number of phosphoric ester groups is 1. The van der Waals surface area contributed by atoms with Crippen LogP contribution in [0, 0.1) is 0 Å². The minimum Gasteiger partial charge on any atom is -0.497 e. The van der Waals surface area contributed by atoms with Crippen LogP contribution in [0.1, 0.15) is 6.23 Å². The number of aromatic amines is 1. The molecule has 228 valence electrons. The number of benzene rings is 2. The number of aliphatic hydroxyl groups excluding tert-OH is 1. The summed E-state index contributed by atoms with van der Waals surface area (Å²) in [5.74, 6) is -4.49. The zero-order chi connectivity index (χ0) is 30.9. The Morgan fingerprint density at radius 2 is 1.48 bits per heavy atom. The summed E-state index contributed by atoms with van der Waals surface area (Å²) in [6, 6.07) is 10.5. The van der Waals surface area contributed by atoms with Gasteiger partial charge in [-0.1, -0.05) is 11.6 Å². The lowest BCUT2D eigenvalue weighted by atomic mass is 9.95. The molecule has 1 unspecified atom stereocenters. The van der Waals surface area contributed by atoms with Crippen LogP contribution in [0.15, 0.2) is 64.3 Å². The molecule has 2 N–H and O–H groups in total. The van der Waals surface area contributed by atoms with E-state index in [0.717, 1.165) is 0 Å². The molecule has 0 spiro atoms. The number of nitrogens with one attached hydrogen (secondary N) is 1. The Labute approximate surface area is 238 Å². The van der Waals surface area contributed by atoms with Gasteiger partial charge in [-0.05, 0) is 48.5 Å². The fraction of sp³-hybridized carbons (Fsp3) is 0.333. The van der Waals surface area contributed by atoms with Crippen molar-refractivity contribution in [1.29, 1.82) is 0 Å². The Kier molecular flexibility index (Phi) is 8.94. The highest BCUT2D eigenvalue weighted by molar-refractivity contribution is 7.49. The molecule has 1 saturated heterocycles. The summed E-state index contributed by atoms with van der Waals surface area (Å²) in [6.45, 7) is -1.87. The standard InChI is InChI=1S/C24H22ClF4N2O10P/c1-36-13-3-7-15(8-4-13)40-42(35,41-16-9-5-14(37-2)6-10-16)38-12-23(21(26)27)24(28,29)18(32)20(39-23)31-11-17(25)19(33)30-22(31)34/h3-11,18,20-21,32H,12H2,1-2H3,(H,30,33,34)/t18?,20-,23+/m0/s1. The van der Waals surface area contributed by atoms with Gasteiger partial charge in [-0.25, -0.2) is 18.1 Å². The lowest BCUT2D eigenvalue weighted by Gasteiger charge is -2.33. The Morgan fingerprint density at radius 3 is 1.93 bits per heavy atom. The number of aliphatic hydroxyl groups is 1. The Bertz CT molecular complexity index is 1520. The van der Waals surface area contributed by atoms with Crippen molar-refractivity contribution in [1.82, 2.24) is 9.55 Å². The quantitative estimate of drug-likeness (QED) is 0.233. The van der Waals surface area contributed by atoms with E-state index in [1.54, 1.807) is 4.98 Å². The predicted molar refractivity (Wildman–Crippen MR) is 137 cm³/mol. The van der Waals surface area contributed by atoms with Gasteiger partial charge in [-0.2, -0.15) is 8.78 Å². The zero-order valence-electron chi connectivity index (χ0n) is 21.5. The normalized spacial score (nSPS) is 21.7. The van der Waals surface area contributed by atoms with E-state index in [4.69, 9.17) is 39.4 Å². The summed E-state index contributed by atoms with van der Waals surface area (Å²) in [5, 5.41) is 9.63. The molecular weight excluding hydrogens is 619 g/mol. The number of phosphoric acid groups is 1. The summed E-state index contributed by atoms with van der Waals surface area (Å²) < 4.78 is 104. The monoisotopic (exact) mass is 640 g/mol. The summed E-state index contributed by atoms with van der Waals surface area (Å²) in [6.07, 6.45) is -9.14. The lowest BCUT2D eigenvalue weighted by Crippen LogP contribution is -2.57. The SMILES string of the molecule is COc1ccc(OP(=O)(OC[C@]2(C(F)F)O[C@H](n3cc(Cl)c(=O)[nH]c3=O)C(O)C2(F)F)Oc2ccc(OC)cc2)cc1. The number of nitrogens with zero attached hydrogens (tertiary/aromatic N) is 1. The summed E-state index contributed by atoms with van der Waals surface area (Å²) in [4.78, 5) is 25.5. The topological polar surface area (TPSA) is 148 Å². The van der Waals surface area contributed by atoms with Crippen LogP contribution in [-0.2, 0) is 13.8 Å². The van der Waals surface area contributed by atoms with Gasteiger partial charge in [-0.15, -0.1) is 0 Å². The maximum absolute atomic E-state index is 15.4. The predicted octanol–water partition coefficient (Wildman–Crippen LogP) is 4.02. The number of rotatable bonds is 11. The van der Waals surface area contributed by atoms with Gasteiger partial charge in [0.15, 0.2) is 12.3 Å². The summed E-state index contributed by atoms with van der Waals surface area (Å²) in [7, 11) is -2.34. The van der Waals surface area contributed by atoms with E-state index in [1.807, 2.05) is 0 Å². The first-order valence-electron chi connectivity index (χ1n) is 11.7. The molecule has 3 atom stereocenters. The Hall–Kier alpha value is -3.56. The molecule has 4 rings (SSSR count). The number of methoxy groups -OCH3 is 2. The van der Waals surface area contributed by atoms with Crippen molar-refractivity contribution in [2.75, 3.05) is 20.8 Å². The van der Waals surface area contributed by atoms with Gasteiger partial charge in [0.25, 0.3) is 12.0 Å². The van der Waals surface area contributed by atoms with E-state index in [1.165, 1.54) is 62.8 Å². The van der Waals surface area contributed by atoms with Gasteiger partial charge in [-0.3, -0.25) is 18.9 Å². The van der Waals surface area contributed by atoms with E-state index >= 15 is 8.78 Å². The van der Waals surface area contributed by atoms with Gasteiger partial charge in [0.05, 0.1) is 14.2 Å². The molecule has 2 heterocycles. The fourth-order valence-corrected chi connectivity index (χ4v) is 5.22. The molecule has 18 heteroatoms. The fourth-order valence-electron chi connectivity index (χ4n) is 3.81. The molecule has 0 bridgehead atoms. The number of aromatic nitrogens is 2. The third kappa shape index (κ3) is 5.99. The van der Waals surface area contributed by atoms with Crippen LogP contribution < -0.4 is 29.8 Å². The molecule has 1 fully saturated rings. The molecule has 0 amide bonds. The van der Waals surface area contributed by atoms with Crippen LogP contribution in [0.25, 0.3) is 0 Å². The molecule has 1 aliphatic rings. The maximum Gasteiger partial charge on any atom is 0.587 e. The van der Waals surface area contributed by atoms with Gasteiger partial charge >= 0.3 is 19.4 Å². The average molecular weight is 641 g/mol. The van der Waals surface area contributed by atoms with E-state index in [2.05, 4.69) is 0 Å². The third-order valence-electron chi connectivity index (χ3n) is 6.08. The van der Waals surface area contributed by atoms with Crippen LogP contribution >= 0.6 is 19.4 Å². The van der Waals surface area contributed by atoms with E-state index < -0.39 is 61.0 Å². The van der Waals surface area contributed by atoms with Gasteiger partial charge in [0.2, 0.25) is 5.60 Å². The molecule has 0 saturated carbocycles. The molecular formula is C24H22ClF4N2O10P. The first kappa shape index (κ1) is 31.4. The highest BCUT2D eigenvalue weighted by Crippen LogP contribution is 2.56. The van der Waals surface area contributed by atoms with Crippen LogP contribution in [0.3, 0.4) is 0 Å². The van der Waals surface area contributed by atoms with Crippen molar-refractivity contribution in [2.45, 2.75) is 30.3 Å². The molecule has 42 heavy (non-hydrogen) atoms. The van der Waals surface area contributed by atoms with Gasteiger partial charge in [0, 0.05) is 6.20 Å². The highest BCUT2D eigenvalue weighted by Gasteiger charge is 2.74. The van der Waals surface area contributed by atoms with Crippen molar-refractivity contribution in [3.8, 4) is 23.0 Å². The maximum atomic E-state index is 15.4. The van der Waals surface area contributed by atoms with Crippen molar-refractivity contribution in [2.24, 2.45) is 0 Å². The number of hydrogen-bond acceptors (Lipinski definition) is 10. The third-order valence-corrected chi connectivity index (χ3v) is 7.66. The minimum absolute atomic E-state index is 0.190.